The van der Waals surface area contributed by atoms with E-state index in [-0.39, 0.29) is 11.8 Å². The van der Waals surface area contributed by atoms with Crippen LogP contribution in [-0.2, 0) is 9.59 Å². The Hall–Kier alpha value is -1.58. The van der Waals surface area contributed by atoms with E-state index >= 15 is 0 Å². The van der Waals surface area contributed by atoms with Gasteiger partial charge in [-0.2, -0.15) is 0 Å². The maximum absolute atomic E-state index is 11.3. The minimum absolute atomic E-state index is 0.133. The molecule has 0 aromatic carbocycles. The summed E-state index contributed by atoms with van der Waals surface area (Å²) in [5.41, 5.74) is 0. The van der Waals surface area contributed by atoms with Crippen LogP contribution in [0.25, 0.3) is 0 Å². The summed E-state index contributed by atoms with van der Waals surface area (Å²) in [5, 5.41) is 0. The third-order valence-electron chi connectivity index (χ3n) is 2.17. The highest BCUT2D eigenvalue weighted by Gasteiger charge is 2.21. The SMILES string of the molecule is C=CC(=O)N1CCCN(C(=O)C=C)C1. The van der Waals surface area contributed by atoms with E-state index in [4.69, 9.17) is 0 Å². The molecular formula is C10H14N2O2. The first-order valence-corrected chi connectivity index (χ1v) is 4.51. The van der Waals surface area contributed by atoms with Crippen LogP contribution in [0.2, 0.25) is 0 Å². The highest BCUT2D eigenvalue weighted by atomic mass is 16.2. The van der Waals surface area contributed by atoms with Gasteiger partial charge in [-0.3, -0.25) is 9.59 Å². The van der Waals surface area contributed by atoms with Gasteiger partial charge in [0.1, 0.15) is 0 Å². The molecule has 2 amide bonds. The average Bonchev–Trinajstić information content (AvgIpc) is 2.27. The van der Waals surface area contributed by atoms with Crippen LogP contribution < -0.4 is 0 Å². The Kier molecular flexibility index (Phi) is 3.45. The van der Waals surface area contributed by atoms with Crippen LogP contribution in [0.15, 0.2) is 25.3 Å². The number of hydrogen-bond acceptors (Lipinski definition) is 2. The van der Waals surface area contributed by atoms with Crippen molar-refractivity contribution in [1.82, 2.24) is 9.80 Å². The standard InChI is InChI=1S/C10H14N2O2/c1-3-9(13)11-6-5-7-12(8-11)10(14)4-2/h3-4H,1-2,5-8H2. The minimum Gasteiger partial charge on any atom is -0.321 e. The lowest BCUT2D eigenvalue weighted by Gasteiger charge is -2.34. The van der Waals surface area contributed by atoms with Crippen molar-refractivity contribution in [2.75, 3.05) is 19.8 Å². The van der Waals surface area contributed by atoms with E-state index in [0.717, 1.165) is 6.42 Å². The van der Waals surface area contributed by atoms with E-state index in [1.165, 1.54) is 12.2 Å². The van der Waals surface area contributed by atoms with Crippen molar-refractivity contribution < 1.29 is 9.59 Å². The van der Waals surface area contributed by atoms with Gasteiger partial charge < -0.3 is 9.80 Å². The van der Waals surface area contributed by atoms with Gasteiger partial charge in [0.2, 0.25) is 11.8 Å². The summed E-state index contributed by atoms with van der Waals surface area (Å²) in [6.07, 6.45) is 3.34. The zero-order valence-corrected chi connectivity index (χ0v) is 8.11. The van der Waals surface area contributed by atoms with Gasteiger partial charge in [0.25, 0.3) is 0 Å². The third-order valence-corrected chi connectivity index (χ3v) is 2.17. The molecule has 0 aromatic rings. The molecular weight excluding hydrogens is 180 g/mol. The van der Waals surface area contributed by atoms with Gasteiger partial charge in [-0.1, -0.05) is 13.2 Å². The minimum atomic E-state index is -0.133. The molecule has 1 aliphatic heterocycles. The lowest BCUT2D eigenvalue weighted by Crippen LogP contribution is -2.48. The van der Waals surface area contributed by atoms with Crippen molar-refractivity contribution >= 4 is 11.8 Å². The molecule has 1 saturated heterocycles. The Morgan fingerprint density at radius 3 is 1.79 bits per heavy atom. The van der Waals surface area contributed by atoms with E-state index in [2.05, 4.69) is 13.2 Å². The second kappa shape index (κ2) is 4.60. The van der Waals surface area contributed by atoms with Crippen LogP contribution in [0.3, 0.4) is 0 Å². The summed E-state index contributed by atoms with van der Waals surface area (Å²) in [4.78, 5) is 25.7. The summed E-state index contributed by atoms with van der Waals surface area (Å²) in [6, 6.07) is 0. The number of rotatable bonds is 2. The first-order chi connectivity index (χ1) is 6.69. The second-order valence-corrected chi connectivity index (χ2v) is 3.11. The fourth-order valence-corrected chi connectivity index (χ4v) is 1.42. The number of nitrogens with zero attached hydrogens (tertiary/aromatic N) is 2. The van der Waals surface area contributed by atoms with Crippen molar-refractivity contribution in [2.24, 2.45) is 0 Å². The highest BCUT2D eigenvalue weighted by molar-refractivity contribution is 5.89. The number of carbonyl (C=O) groups is 2. The molecule has 0 aromatic heterocycles. The maximum atomic E-state index is 11.3. The van der Waals surface area contributed by atoms with E-state index < -0.39 is 0 Å². The molecule has 0 spiro atoms. The van der Waals surface area contributed by atoms with E-state index in [1.54, 1.807) is 9.80 Å². The van der Waals surface area contributed by atoms with E-state index in [9.17, 15) is 9.59 Å². The van der Waals surface area contributed by atoms with Crippen molar-refractivity contribution in [2.45, 2.75) is 6.42 Å². The van der Waals surface area contributed by atoms with Gasteiger partial charge in [-0.15, -0.1) is 0 Å². The molecule has 1 heterocycles. The summed E-state index contributed by atoms with van der Waals surface area (Å²) in [5.74, 6) is -0.266. The fraction of sp³-hybridized carbons (Fsp3) is 0.400. The molecule has 14 heavy (non-hydrogen) atoms. The Morgan fingerprint density at radius 2 is 1.43 bits per heavy atom. The molecule has 4 heteroatoms. The highest BCUT2D eigenvalue weighted by Crippen LogP contribution is 2.06. The Morgan fingerprint density at radius 1 is 1.00 bits per heavy atom. The first kappa shape index (κ1) is 10.5. The first-order valence-electron chi connectivity index (χ1n) is 4.51. The van der Waals surface area contributed by atoms with Crippen LogP contribution in [-0.4, -0.2) is 41.4 Å². The van der Waals surface area contributed by atoms with Gasteiger partial charge in [0.05, 0.1) is 6.67 Å². The summed E-state index contributed by atoms with van der Waals surface area (Å²) in [6.45, 7) is 8.54. The number of carbonyl (C=O) groups excluding carboxylic acids is 2. The Bertz CT molecular complexity index is 247. The molecule has 0 radical (unpaired) electrons. The van der Waals surface area contributed by atoms with E-state index in [0.29, 0.717) is 19.8 Å². The molecule has 0 atom stereocenters. The average molecular weight is 194 g/mol. The number of amides is 2. The molecule has 0 bridgehead atoms. The quantitative estimate of drug-likeness (QED) is 0.596. The summed E-state index contributed by atoms with van der Waals surface area (Å²) >= 11 is 0. The third kappa shape index (κ3) is 2.22. The molecule has 4 nitrogen and oxygen atoms in total. The smallest absolute Gasteiger partial charge is 0.247 e. The van der Waals surface area contributed by atoms with Crippen LogP contribution in [0.4, 0.5) is 0 Å². The molecule has 0 N–H and O–H groups in total. The predicted molar refractivity (Wildman–Crippen MR) is 53.3 cm³/mol. The Balaban J connectivity index is 2.59. The zero-order chi connectivity index (χ0) is 10.6. The lowest BCUT2D eigenvalue weighted by atomic mass is 10.3. The molecule has 76 valence electrons. The van der Waals surface area contributed by atoms with Crippen LogP contribution in [0.5, 0.6) is 0 Å². The van der Waals surface area contributed by atoms with Crippen molar-refractivity contribution in [3.63, 3.8) is 0 Å². The second-order valence-electron chi connectivity index (χ2n) is 3.11. The molecule has 1 rings (SSSR count). The van der Waals surface area contributed by atoms with Gasteiger partial charge >= 0.3 is 0 Å². The maximum Gasteiger partial charge on any atom is 0.247 e. The zero-order valence-electron chi connectivity index (χ0n) is 8.11. The predicted octanol–water partition coefficient (Wildman–Crippen LogP) is 0.377. The topological polar surface area (TPSA) is 40.6 Å². The van der Waals surface area contributed by atoms with Gasteiger partial charge in [0.15, 0.2) is 0 Å². The van der Waals surface area contributed by atoms with Crippen LogP contribution in [0.1, 0.15) is 6.42 Å². The molecule has 1 aliphatic rings. The summed E-state index contributed by atoms with van der Waals surface area (Å²) in [7, 11) is 0. The van der Waals surface area contributed by atoms with Gasteiger partial charge in [0, 0.05) is 13.1 Å². The van der Waals surface area contributed by atoms with Crippen molar-refractivity contribution in [1.29, 1.82) is 0 Å². The Labute approximate surface area is 83.5 Å². The van der Waals surface area contributed by atoms with Crippen LogP contribution >= 0.6 is 0 Å². The fourth-order valence-electron chi connectivity index (χ4n) is 1.42. The largest absolute Gasteiger partial charge is 0.321 e. The van der Waals surface area contributed by atoms with Gasteiger partial charge in [-0.05, 0) is 18.6 Å². The monoisotopic (exact) mass is 194 g/mol. The van der Waals surface area contributed by atoms with Crippen LogP contribution in [0, 0.1) is 0 Å². The molecule has 0 saturated carbocycles. The lowest BCUT2D eigenvalue weighted by molar-refractivity contribution is -0.136. The van der Waals surface area contributed by atoms with E-state index in [1.807, 2.05) is 0 Å². The summed E-state index contributed by atoms with van der Waals surface area (Å²) < 4.78 is 0. The van der Waals surface area contributed by atoms with Gasteiger partial charge in [-0.25, -0.2) is 0 Å². The van der Waals surface area contributed by atoms with Crippen molar-refractivity contribution in [3.05, 3.63) is 25.3 Å². The van der Waals surface area contributed by atoms with Crippen molar-refractivity contribution in [3.8, 4) is 0 Å². The molecule has 0 unspecified atom stereocenters. The molecule has 1 fully saturated rings. The normalized spacial score (nSPS) is 16.3. The number of hydrogen-bond donors (Lipinski definition) is 0. The molecule has 0 aliphatic carbocycles.